The summed E-state index contributed by atoms with van der Waals surface area (Å²) in [6.07, 6.45) is 0. The molecule has 0 radical (unpaired) electrons. The van der Waals surface area contributed by atoms with Crippen LogP contribution < -0.4 is 18.9 Å². The van der Waals surface area contributed by atoms with Crippen molar-refractivity contribution in [1.82, 2.24) is 4.72 Å². The van der Waals surface area contributed by atoms with E-state index in [4.69, 9.17) is 14.2 Å². The van der Waals surface area contributed by atoms with Crippen molar-refractivity contribution in [2.24, 2.45) is 0 Å². The van der Waals surface area contributed by atoms with E-state index in [1.807, 2.05) is 0 Å². The molecule has 27 heavy (non-hydrogen) atoms. The zero-order chi connectivity index (χ0) is 19.6. The Morgan fingerprint density at radius 3 is 2.52 bits per heavy atom. The smallest absolute Gasteiger partial charge is 0.271 e. The molecule has 3 rings (SSSR count). The van der Waals surface area contributed by atoms with Crippen LogP contribution in [0.25, 0.3) is 0 Å². The Hall–Kier alpha value is -2.85. The van der Waals surface area contributed by atoms with E-state index in [-0.39, 0.29) is 16.3 Å². The first-order chi connectivity index (χ1) is 12.8. The van der Waals surface area contributed by atoms with Gasteiger partial charge < -0.3 is 14.2 Å². The second-order valence-corrected chi connectivity index (χ2v) is 7.52. The minimum absolute atomic E-state index is 0.0162. The molecule has 0 spiro atoms. The van der Waals surface area contributed by atoms with Gasteiger partial charge in [-0.1, -0.05) is 6.07 Å². The lowest BCUT2D eigenvalue weighted by molar-refractivity contribution is -0.385. The largest absolute Gasteiger partial charge is 0.495 e. The van der Waals surface area contributed by atoms with Crippen LogP contribution in [0.5, 0.6) is 17.2 Å². The maximum absolute atomic E-state index is 12.8. The normalized spacial score (nSPS) is 14.4. The molecule has 0 amide bonds. The van der Waals surface area contributed by atoms with Crippen molar-refractivity contribution in [3.8, 4) is 17.2 Å². The van der Waals surface area contributed by atoms with E-state index in [1.54, 1.807) is 25.1 Å². The maximum atomic E-state index is 12.8. The Kier molecular flexibility index (Phi) is 5.19. The van der Waals surface area contributed by atoms with Gasteiger partial charge in [-0.2, -0.15) is 0 Å². The third kappa shape index (κ3) is 3.96. The standard InChI is InChI=1S/C17H18N2O7S/c1-11(12-3-5-14-16(9-12)26-8-7-25-14)18-27(22,23)17-10-13(19(20)21)4-6-15(17)24-2/h3-6,9-11,18H,7-8H2,1-2H3. The molecule has 1 unspecified atom stereocenters. The topological polar surface area (TPSA) is 117 Å². The van der Waals surface area contributed by atoms with Crippen LogP contribution in [0.2, 0.25) is 0 Å². The molecule has 144 valence electrons. The molecule has 0 saturated heterocycles. The van der Waals surface area contributed by atoms with Crippen LogP contribution in [-0.4, -0.2) is 33.7 Å². The summed E-state index contributed by atoms with van der Waals surface area (Å²) in [5.41, 5.74) is 0.315. The minimum Gasteiger partial charge on any atom is -0.495 e. The fraction of sp³-hybridized carbons (Fsp3) is 0.294. The number of benzene rings is 2. The van der Waals surface area contributed by atoms with Crippen LogP contribution >= 0.6 is 0 Å². The van der Waals surface area contributed by atoms with E-state index < -0.39 is 21.0 Å². The minimum atomic E-state index is -4.08. The number of ether oxygens (including phenoxy) is 3. The molecule has 1 N–H and O–H groups in total. The Morgan fingerprint density at radius 2 is 1.85 bits per heavy atom. The third-order valence-electron chi connectivity index (χ3n) is 4.05. The quantitative estimate of drug-likeness (QED) is 0.590. The lowest BCUT2D eigenvalue weighted by atomic mass is 10.1. The molecule has 0 aliphatic carbocycles. The van der Waals surface area contributed by atoms with Gasteiger partial charge in [0.25, 0.3) is 5.69 Å². The number of sulfonamides is 1. The number of methoxy groups -OCH3 is 1. The van der Waals surface area contributed by atoms with Gasteiger partial charge in [0.15, 0.2) is 11.5 Å². The number of rotatable bonds is 6. The number of non-ortho nitro benzene ring substituents is 1. The van der Waals surface area contributed by atoms with Crippen molar-refractivity contribution in [2.45, 2.75) is 17.9 Å². The summed E-state index contributed by atoms with van der Waals surface area (Å²) in [4.78, 5) is 10.0. The first-order valence-corrected chi connectivity index (χ1v) is 9.54. The number of hydrogen-bond acceptors (Lipinski definition) is 7. The number of nitrogens with zero attached hydrogens (tertiary/aromatic N) is 1. The molecule has 2 aromatic rings. The Bertz CT molecular complexity index is 975. The van der Waals surface area contributed by atoms with Gasteiger partial charge in [0, 0.05) is 18.2 Å². The second-order valence-electron chi connectivity index (χ2n) is 5.84. The molecule has 2 aromatic carbocycles. The average Bonchev–Trinajstić information content (AvgIpc) is 2.66. The molecule has 1 heterocycles. The van der Waals surface area contributed by atoms with E-state index in [0.717, 1.165) is 6.07 Å². The van der Waals surface area contributed by atoms with Crippen LogP contribution in [0, 0.1) is 10.1 Å². The summed E-state index contributed by atoms with van der Waals surface area (Å²) < 4.78 is 44.1. The molecular formula is C17H18N2O7S. The molecule has 0 saturated carbocycles. The Balaban J connectivity index is 1.90. The van der Waals surface area contributed by atoms with Crippen LogP contribution in [-0.2, 0) is 10.0 Å². The lowest BCUT2D eigenvalue weighted by Crippen LogP contribution is -2.27. The fourth-order valence-corrected chi connectivity index (χ4v) is 4.10. The van der Waals surface area contributed by atoms with Crippen molar-refractivity contribution in [1.29, 1.82) is 0 Å². The van der Waals surface area contributed by atoms with E-state index in [2.05, 4.69) is 4.72 Å². The van der Waals surface area contributed by atoms with Gasteiger partial charge in [0.2, 0.25) is 10.0 Å². The number of hydrogen-bond donors (Lipinski definition) is 1. The molecule has 0 fully saturated rings. The average molecular weight is 394 g/mol. The number of nitro groups is 1. The Labute approximate surface area is 156 Å². The van der Waals surface area contributed by atoms with E-state index in [9.17, 15) is 18.5 Å². The van der Waals surface area contributed by atoms with Crippen LogP contribution in [0.1, 0.15) is 18.5 Å². The zero-order valence-corrected chi connectivity index (χ0v) is 15.5. The van der Waals surface area contributed by atoms with Crippen molar-refractivity contribution in [3.05, 3.63) is 52.1 Å². The van der Waals surface area contributed by atoms with Gasteiger partial charge in [-0.3, -0.25) is 10.1 Å². The fourth-order valence-electron chi connectivity index (χ4n) is 2.68. The summed E-state index contributed by atoms with van der Waals surface area (Å²) in [5.74, 6) is 1.15. The van der Waals surface area contributed by atoms with Crippen molar-refractivity contribution >= 4 is 15.7 Å². The first kappa shape index (κ1) is 18.9. The van der Waals surface area contributed by atoms with E-state index >= 15 is 0 Å². The summed E-state index contributed by atoms with van der Waals surface area (Å²) >= 11 is 0. The van der Waals surface area contributed by atoms with Gasteiger partial charge in [0.1, 0.15) is 23.9 Å². The van der Waals surface area contributed by atoms with Crippen LogP contribution in [0.3, 0.4) is 0 Å². The van der Waals surface area contributed by atoms with Gasteiger partial charge >= 0.3 is 0 Å². The maximum Gasteiger partial charge on any atom is 0.271 e. The lowest BCUT2D eigenvalue weighted by Gasteiger charge is -2.21. The Morgan fingerprint density at radius 1 is 1.15 bits per heavy atom. The molecule has 10 heteroatoms. The summed E-state index contributed by atoms with van der Waals surface area (Å²) in [6, 6.07) is 7.93. The van der Waals surface area contributed by atoms with E-state index in [1.165, 1.54) is 19.2 Å². The van der Waals surface area contributed by atoms with Crippen LogP contribution in [0.4, 0.5) is 5.69 Å². The van der Waals surface area contributed by atoms with Gasteiger partial charge in [-0.15, -0.1) is 0 Å². The summed E-state index contributed by atoms with van der Waals surface area (Å²) in [6.45, 7) is 2.54. The van der Waals surface area contributed by atoms with E-state index in [0.29, 0.717) is 30.3 Å². The van der Waals surface area contributed by atoms with Crippen LogP contribution in [0.15, 0.2) is 41.3 Å². The number of nitro benzene ring substituents is 1. The highest BCUT2D eigenvalue weighted by Gasteiger charge is 2.26. The molecule has 0 bridgehead atoms. The molecule has 9 nitrogen and oxygen atoms in total. The molecule has 0 aromatic heterocycles. The highest BCUT2D eigenvalue weighted by molar-refractivity contribution is 7.89. The van der Waals surface area contributed by atoms with Crippen molar-refractivity contribution < 1.29 is 27.6 Å². The van der Waals surface area contributed by atoms with Gasteiger partial charge in [-0.05, 0) is 30.7 Å². The predicted octanol–water partition coefficient (Wildman–Crippen LogP) is 2.41. The SMILES string of the molecule is COc1ccc([N+](=O)[O-])cc1S(=O)(=O)NC(C)c1ccc2c(c1)OCCO2. The highest BCUT2D eigenvalue weighted by Crippen LogP contribution is 2.34. The number of nitrogens with one attached hydrogen (secondary N) is 1. The van der Waals surface area contributed by atoms with Gasteiger partial charge in [-0.25, -0.2) is 13.1 Å². The highest BCUT2D eigenvalue weighted by atomic mass is 32.2. The summed E-state index contributed by atoms with van der Waals surface area (Å²) in [5, 5.41) is 11.0. The third-order valence-corrected chi connectivity index (χ3v) is 5.61. The summed E-state index contributed by atoms with van der Waals surface area (Å²) in [7, 11) is -2.78. The zero-order valence-electron chi connectivity index (χ0n) is 14.7. The number of fused-ring (bicyclic) bond motifs is 1. The predicted molar refractivity (Wildman–Crippen MR) is 95.8 cm³/mol. The van der Waals surface area contributed by atoms with Crippen molar-refractivity contribution in [3.63, 3.8) is 0 Å². The molecular weight excluding hydrogens is 376 g/mol. The van der Waals surface area contributed by atoms with Crippen molar-refractivity contribution in [2.75, 3.05) is 20.3 Å². The van der Waals surface area contributed by atoms with Gasteiger partial charge in [0.05, 0.1) is 12.0 Å². The molecule has 1 aliphatic rings. The molecule has 1 atom stereocenters. The monoisotopic (exact) mass is 394 g/mol. The second kappa shape index (κ2) is 7.41. The first-order valence-electron chi connectivity index (χ1n) is 8.06. The molecule has 1 aliphatic heterocycles.